The van der Waals surface area contributed by atoms with Gasteiger partial charge in [0.2, 0.25) is 0 Å². The molecule has 3 N–H and O–H groups in total. The van der Waals surface area contributed by atoms with Crippen LogP contribution in [-0.4, -0.2) is 20.7 Å². The van der Waals surface area contributed by atoms with Crippen molar-refractivity contribution in [3.05, 3.63) is 47.2 Å². The zero-order valence-electron chi connectivity index (χ0n) is 14.3. The summed E-state index contributed by atoms with van der Waals surface area (Å²) in [5.41, 5.74) is 7.51. The van der Waals surface area contributed by atoms with E-state index in [1.807, 2.05) is 28.9 Å². The van der Waals surface area contributed by atoms with E-state index in [1.165, 1.54) is 19.3 Å². The minimum absolute atomic E-state index is 0.328. The van der Waals surface area contributed by atoms with Gasteiger partial charge in [0.05, 0.1) is 23.4 Å². The van der Waals surface area contributed by atoms with Crippen LogP contribution in [0.1, 0.15) is 48.5 Å². The minimum Gasteiger partial charge on any atom is -0.365 e. The molecule has 2 heterocycles. The van der Waals surface area contributed by atoms with Crippen LogP contribution in [0, 0.1) is 0 Å². The number of nitrogens with two attached hydrogens (primary N) is 1. The quantitative estimate of drug-likeness (QED) is 0.712. The van der Waals surface area contributed by atoms with Crippen molar-refractivity contribution in [3.8, 4) is 0 Å². The van der Waals surface area contributed by atoms with Gasteiger partial charge in [0.1, 0.15) is 5.56 Å². The van der Waals surface area contributed by atoms with E-state index in [2.05, 4.69) is 15.4 Å². The number of rotatable bonds is 4. The molecule has 1 saturated carbocycles. The van der Waals surface area contributed by atoms with Gasteiger partial charge in [0.25, 0.3) is 5.91 Å². The number of hydrogen-bond donors (Lipinski definition) is 2. The fourth-order valence-corrected chi connectivity index (χ4v) is 3.66. The summed E-state index contributed by atoms with van der Waals surface area (Å²) in [6.07, 6.45) is 9.26. The predicted octanol–water partition coefficient (Wildman–Crippen LogP) is 4.43. The van der Waals surface area contributed by atoms with Gasteiger partial charge in [-0.15, -0.1) is 0 Å². The zero-order valence-corrected chi connectivity index (χ0v) is 15.0. The van der Waals surface area contributed by atoms with E-state index < -0.39 is 5.91 Å². The van der Waals surface area contributed by atoms with Crippen molar-refractivity contribution in [2.75, 3.05) is 5.32 Å². The average molecular weight is 370 g/mol. The van der Waals surface area contributed by atoms with E-state index in [0.29, 0.717) is 22.4 Å². The maximum absolute atomic E-state index is 11.9. The minimum atomic E-state index is -0.491. The lowest BCUT2D eigenvalue weighted by atomic mass is 9.96. The van der Waals surface area contributed by atoms with E-state index in [1.54, 1.807) is 12.4 Å². The first-order valence-corrected chi connectivity index (χ1v) is 9.19. The van der Waals surface area contributed by atoms with E-state index in [9.17, 15) is 4.79 Å². The fourth-order valence-electron chi connectivity index (χ4n) is 3.50. The molecule has 0 aliphatic heterocycles. The number of pyridine rings is 1. The molecule has 0 unspecified atom stereocenters. The van der Waals surface area contributed by atoms with E-state index in [4.69, 9.17) is 17.3 Å². The van der Waals surface area contributed by atoms with Gasteiger partial charge in [-0.05, 0) is 31.0 Å². The molecule has 1 aliphatic rings. The number of amides is 1. The highest BCUT2D eigenvalue weighted by atomic mass is 35.5. The molecular formula is C19H20ClN5O. The number of anilines is 2. The monoisotopic (exact) mass is 369 g/mol. The Kier molecular flexibility index (Phi) is 4.51. The van der Waals surface area contributed by atoms with Crippen molar-refractivity contribution in [1.29, 1.82) is 0 Å². The summed E-state index contributed by atoms with van der Waals surface area (Å²) >= 11 is 6.00. The molecule has 6 nitrogen and oxygen atoms in total. The average Bonchev–Trinajstić information content (AvgIpc) is 3.07. The van der Waals surface area contributed by atoms with Crippen LogP contribution in [0.5, 0.6) is 0 Å². The van der Waals surface area contributed by atoms with Gasteiger partial charge < -0.3 is 11.1 Å². The van der Waals surface area contributed by atoms with Crippen molar-refractivity contribution >= 4 is 39.9 Å². The van der Waals surface area contributed by atoms with Crippen LogP contribution in [0.15, 0.2) is 36.7 Å². The van der Waals surface area contributed by atoms with Crippen molar-refractivity contribution in [2.45, 2.75) is 38.1 Å². The van der Waals surface area contributed by atoms with Crippen LogP contribution in [0.3, 0.4) is 0 Å². The van der Waals surface area contributed by atoms with Crippen molar-refractivity contribution in [3.63, 3.8) is 0 Å². The number of aromatic nitrogens is 3. The topological polar surface area (TPSA) is 85.8 Å². The Morgan fingerprint density at radius 3 is 2.81 bits per heavy atom. The van der Waals surface area contributed by atoms with Crippen LogP contribution < -0.4 is 11.1 Å². The molecule has 26 heavy (non-hydrogen) atoms. The van der Waals surface area contributed by atoms with Gasteiger partial charge in [-0.3, -0.25) is 14.5 Å². The van der Waals surface area contributed by atoms with Crippen molar-refractivity contribution < 1.29 is 4.79 Å². The largest absolute Gasteiger partial charge is 0.365 e. The van der Waals surface area contributed by atoms with Gasteiger partial charge >= 0.3 is 0 Å². The van der Waals surface area contributed by atoms with Gasteiger partial charge in [-0.1, -0.05) is 36.9 Å². The van der Waals surface area contributed by atoms with Crippen molar-refractivity contribution in [2.24, 2.45) is 5.73 Å². The second-order valence-electron chi connectivity index (χ2n) is 6.71. The number of carbonyl (C=O) groups excluding carboxylic acids is 1. The SMILES string of the molecule is NC(=O)c1cn(C2CCCCC2)nc1Nc1cnc2cc(Cl)ccc2c1. The van der Waals surface area contributed by atoms with Gasteiger partial charge in [-0.2, -0.15) is 5.10 Å². The molecule has 4 rings (SSSR count). The predicted molar refractivity (Wildman–Crippen MR) is 103 cm³/mol. The molecule has 0 saturated heterocycles. The summed E-state index contributed by atoms with van der Waals surface area (Å²) in [6.45, 7) is 0. The normalized spacial score (nSPS) is 15.3. The van der Waals surface area contributed by atoms with Crippen LogP contribution in [0.4, 0.5) is 11.5 Å². The highest BCUT2D eigenvalue weighted by molar-refractivity contribution is 6.31. The maximum atomic E-state index is 11.9. The molecule has 1 fully saturated rings. The molecule has 7 heteroatoms. The summed E-state index contributed by atoms with van der Waals surface area (Å²) in [5.74, 6) is -0.0201. The summed E-state index contributed by atoms with van der Waals surface area (Å²) in [5, 5.41) is 9.39. The second kappa shape index (κ2) is 6.96. The standard InChI is InChI=1S/C19H20ClN5O/c20-13-7-6-12-8-14(10-22-17(12)9-13)23-19-16(18(21)26)11-25(24-19)15-4-2-1-3-5-15/h6-11,15H,1-5H2,(H2,21,26)(H,23,24). The highest BCUT2D eigenvalue weighted by Gasteiger charge is 2.21. The third-order valence-electron chi connectivity index (χ3n) is 4.86. The Balaban J connectivity index is 1.65. The van der Waals surface area contributed by atoms with Gasteiger partial charge in [0.15, 0.2) is 5.82 Å². The fraction of sp³-hybridized carbons (Fsp3) is 0.316. The summed E-state index contributed by atoms with van der Waals surface area (Å²) in [6, 6.07) is 7.82. The van der Waals surface area contributed by atoms with E-state index in [-0.39, 0.29) is 0 Å². The molecule has 134 valence electrons. The first kappa shape index (κ1) is 16.8. The summed E-state index contributed by atoms with van der Waals surface area (Å²) < 4.78 is 1.88. The number of nitrogens with zero attached hydrogens (tertiary/aromatic N) is 3. The number of fused-ring (bicyclic) bond motifs is 1. The number of carbonyl (C=O) groups is 1. The Morgan fingerprint density at radius 1 is 1.23 bits per heavy atom. The Labute approximate surface area is 156 Å². The molecule has 1 aliphatic carbocycles. The van der Waals surface area contributed by atoms with Crippen molar-refractivity contribution in [1.82, 2.24) is 14.8 Å². The zero-order chi connectivity index (χ0) is 18.1. The number of halogens is 1. The molecule has 3 aromatic rings. The highest BCUT2D eigenvalue weighted by Crippen LogP contribution is 2.30. The molecular weight excluding hydrogens is 350 g/mol. The molecule has 0 spiro atoms. The van der Waals surface area contributed by atoms with E-state index >= 15 is 0 Å². The Bertz CT molecular complexity index is 962. The maximum Gasteiger partial charge on any atom is 0.254 e. The van der Waals surface area contributed by atoms with Crippen LogP contribution in [-0.2, 0) is 0 Å². The second-order valence-corrected chi connectivity index (χ2v) is 7.15. The molecule has 2 aromatic heterocycles. The molecule has 0 radical (unpaired) electrons. The summed E-state index contributed by atoms with van der Waals surface area (Å²) in [7, 11) is 0. The number of hydrogen-bond acceptors (Lipinski definition) is 4. The third kappa shape index (κ3) is 3.37. The van der Waals surface area contributed by atoms with Crippen LogP contribution in [0.2, 0.25) is 5.02 Å². The smallest absolute Gasteiger partial charge is 0.254 e. The van der Waals surface area contributed by atoms with Crippen LogP contribution >= 0.6 is 11.6 Å². The Morgan fingerprint density at radius 2 is 2.04 bits per heavy atom. The number of nitrogens with one attached hydrogen (secondary N) is 1. The summed E-state index contributed by atoms with van der Waals surface area (Å²) in [4.78, 5) is 16.3. The molecule has 0 bridgehead atoms. The molecule has 1 amide bonds. The third-order valence-corrected chi connectivity index (χ3v) is 5.09. The Hall–Kier alpha value is -2.60. The lowest BCUT2D eigenvalue weighted by molar-refractivity contribution is 0.100. The molecule has 0 atom stereocenters. The first-order chi connectivity index (χ1) is 12.6. The van der Waals surface area contributed by atoms with Gasteiger partial charge in [-0.25, -0.2) is 0 Å². The lowest BCUT2D eigenvalue weighted by Crippen LogP contribution is -2.14. The van der Waals surface area contributed by atoms with Gasteiger partial charge in [0, 0.05) is 16.6 Å². The first-order valence-electron chi connectivity index (χ1n) is 8.81. The van der Waals surface area contributed by atoms with E-state index in [0.717, 1.165) is 29.4 Å². The lowest BCUT2D eigenvalue weighted by Gasteiger charge is -2.21. The number of benzene rings is 1. The number of primary amides is 1. The van der Waals surface area contributed by atoms with Crippen LogP contribution in [0.25, 0.3) is 10.9 Å². The molecule has 1 aromatic carbocycles.